The van der Waals surface area contributed by atoms with Gasteiger partial charge in [0.15, 0.2) is 6.61 Å². The molecule has 1 N–H and O–H groups in total. The van der Waals surface area contributed by atoms with E-state index in [1.807, 2.05) is 61.5 Å². The maximum absolute atomic E-state index is 12.5. The van der Waals surface area contributed by atoms with E-state index in [1.165, 1.54) is 12.3 Å². The first-order chi connectivity index (χ1) is 15.5. The number of ether oxygens (including phenoxy) is 1. The molecule has 0 atom stereocenters. The third-order valence-electron chi connectivity index (χ3n) is 4.64. The predicted octanol–water partition coefficient (Wildman–Crippen LogP) is 4.69. The van der Waals surface area contributed by atoms with Gasteiger partial charge in [0.2, 0.25) is 0 Å². The molecular weight excluding hydrogens is 428 g/mol. The molecule has 0 fully saturated rings. The van der Waals surface area contributed by atoms with Crippen LogP contribution in [0, 0.1) is 6.92 Å². The summed E-state index contributed by atoms with van der Waals surface area (Å²) in [5.41, 5.74) is 3.63. The van der Waals surface area contributed by atoms with Crippen molar-refractivity contribution in [1.29, 1.82) is 0 Å². The quantitative estimate of drug-likeness (QED) is 0.343. The molecule has 8 heteroatoms. The number of rotatable bonds is 6. The third-order valence-corrected chi connectivity index (χ3v) is 4.94. The van der Waals surface area contributed by atoms with Crippen LogP contribution < -0.4 is 5.32 Å². The number of amides is 1. The Morgan fingerprint density at radius 2 is 1.78 bits per heavy atom. The van der Waals surface area contributed by atoms with Gasteiger partial charge in [0, 0.05) is 17.8 Å². The molecule has 0 radical (unpaired) electrons. The number of anilines is 1. The van der Waals surface area contributed by atoms with Crippen LogP contribution in [0.1, 0.15) is 15.9 Å². The average molecular weight is 447 g/mol. The smallest absolute Gasteiger partial charge is 0.341 e. The Balaban J connectivity index is 1.54. The molecule has 1 amide bonds. The molecule has 0 aliphatic rings. The second-order valence-electron chi connectivity index (χ2n) is 6.99. The van der Waals surface area contributed by atoms with Crippen LogP contribution in [0.3, 0.4) is 0 Å². The zero-order chi connectivity index (χ0) is 22.5. The van der Waals surface area contributed by atoms with E-state index in [9.17, 15) is 9.59 Å². The van der Waals surface area contributed by atoms with Gasteiger partial charge < -0.3 is 10.1 Å². The minimum absolute atomic E-state index is 0.0165. The molecule has 160 valence electrons. The first kappa shape index (κ1) is 21.3. The number of nitrogens with zero attached hydrogens (tertiary/aromatic N) is 3. The molecule has 0 bridgehead atoms. The lowest BCUT2D eigenvalue weighted by Gasteiger charge is -2.09. The number of halogens is 1. The number of hydrogen-bond acceptors (Lipinski definition) is 5. The van der Waals surface area contributed by atoms with E-state index >= 15 is 0 Å². The summed E-state index contributed by atoms with van der Waals surface area (Å²) in [5, 5.41) is 7.44. The van der Waals surface area contributed by atoms with Crippen molar-refractivity contribution in [2.45, 2.75) is 6.92 Å². The average Bonchev–Trinajstić information content (AvgIpc) is 3.22. The lowest BCUT2D eigenvalue weighted by atomic mass is 10.1. The minimum atomic E-state index is -0.727. The van der Waals surface area contributed by atoms with E-state index in [-0.39, 0.29) is 10.7 Å². The van der Waals surface area contributed by atoms with Crippen molar-refractivity contribution >= 4 is 29.3 Å². The van der Waals surface area contributed by atoms with Crippen molar-refractivity contribution in [3.05, 3.63) is 95.3 Å². The van der Waals surface area contributed by atoms with E-state index in [4.69, 9.17) is 16.3 Å². The molecule has 0 saturated heterocycles. The lowest BCUT2D eigenvalue weighted by Crippen LogP contribution is -2.22. The second-order valence-corrected chi connectivity index (χ2v) is 7.35. The topological polar surface area (TPSA) is 86.1 Å². The number of esters is 1. The van der Waals surface area contributed by atoms with E-state index in [0.29, 0.717) is 11.5 Å². The van der Waals surface area contributed by atoms with Gasteiger partial charge in [0.05, 0.1) is 16.9 Å². The normalized spacial score (nSPS) is 10.6. The minimum Gasteiger partial charge on any atom is -0.452 e. The van der Waals surface area contributed by atoms with Gasteiger partial charge >= 0.3 is 5.97 Å². The first-order valence-electron chi connectivity index (χ1n) is 9.81. The van der Waals surface area contributed by atoms with Crippen LogP contribution in [0.25, 0.3) is 16.9 Å². The summed E-state index contributed by atoms with van der Waals surface area (Å²) in [5.74, 6) is -0.784. The summed E-state index contributed by atoms with van der Waals surface area (Å²) in [6.07, 6.45) is 1.46. The van der Waals surface area contributed by atoms with Gasteiger partial charge in [-0.15, -0.1) is 0 Å². The number of nitrogens with one attached hydrogen (secondary N) is 1. The van der Waals surface area contributed by atoms with E-state index in [0.717, 1.165) is 16.8 Å². The first-order valence-corrected chi connectivity index (χ1v) is 10.2. The summed E-state index contributed by atoms with van der Waals surface area (Å²) in [6, 6.07) is 22.2. The van der Waals surface area contributed by atoms with Gasteiger partial charge in [-0.25, -0.2) is 14.5 Å². The number of hydrogen-bond donors (Lipinski definition) is 1. The number of carbonyl (C=O) groups excluding carboxylic acids is 2. The molecule has 2 heterocycles. The van der Waals surface area contributed by atoms with E-state index < -0.39 is 18.5 Å². The molecule has 0 aliphatic carbocycles. The molecule has 0 aliphatic heterocycles. The Bertz CT molecular complexity index is 1250. The lowest BCUT2D eigenvalue weighted by molar-refractivity contribution is -0.119. The van der Waals surface area contributed by atoms with Crippen LogP contribution >= 0.6 is 11.6 Å². The van der Waals surface area contributed by atoms with Crippen molar-refractivity contribution in [3.63, 3.8) is 0 Å². The predicted molar refractivity (Wildman–Crippen MR) is 122 cm³/mol. The molecule has 32 heavy (non-hydrogen) atoms. The highest BCUT2D eigenvalue weighted by atomic mass is 35.5. The van der Waals surface area contributed by atoms with Gasteiger partial charge in [-0.3, -0.25) is 4.79 Å². The molecule has 7 nitrogen and oxygen atoms in total. The van der Waals surface area contributed by atoms with Crippen LogP contribution in [0.2, 0.25) is 5.15 Å². The second kappa shape index (κ2) is 9.45. The summed E-state index contributed by atoms with van der Waals surface area (Å²) >= 11 is 5.90. The Hall–Kier alpha value is -3.97. The molecule has 0 unspecified atom stereocenters. The fourth-order valence-corrected chi connectivity index (χ4v) is 3.22. The maximum atomic E-state index is 12.5. The Morgan fingerprint density at radius 1 is 1.03 bits per heavy atom. The number of aryl methyl sites for hydroxylation is 1. The summed E-state index contributed by atoms with van der Waals surface area (Å²) in [4.78, 5) is 28.5. The zero-order valence-electron chi connectivity index (χ0n) is 17.2. The van der Waals surface area contributed by atoms with Crippen LogP contribution in [0.5, 0.6) is 0 Å². The van der Waals surface area contributed by atoms with Gasteiger partial charge in [0.25, 0.3) is 5.91 Å². The van der Waals surface area contributed by atoms with Gasteiger partial charge in [0.1, 0.15) is 11.0 Å². The fourth-order valence-electron chi connectivity index (χ4n) is 3.03. The number of aromatic nitrogens is 3. The van der Waals surface area contributed by atoms with Crippen molar-refractivity contribution in [1.82, 2.24) is 14.8 Å². The zero-order valence-corrected chi connectivity index (χ0v) is 17.9. The Kier molecular flexibility index (Phi) is 6.28. The fraction of sp³-hybridized carbons (Fsp3) is 0.0833. The van der Waals surface area contributed by atoms with Crippen molar-refractivity contribution in [3.8, 4) is 16.9 Å². The largest absolute Gasteiger partial charge is 0.452 e. The van der Waals surface area contributed by atoms with Crippen LogP contribution in [-0.2, 0) is 9.53 Å². The highest BCUT2D eigenvalue weighted by molar-refractivity contribution is 6.32. The Morgan fingerprint density at radius 3 is 2.50 bits per heavy atom. The number of para-hydroxylation sites is 1. The van der Waals surface area contributed by atoms with Crippen LogP contribution in [0.15, 0.2) is 79.0 Å². The maximum Gasteiger partial charge on any atom is 0.341 e. The van der Waals surface area contributed by atoms with Gasteiger partial charge in [-0.05, 0) is 31.2 Å². The molecule has 4 aromatic rings. The summed E-state index contributed by atoms with van der Waals surface area (Å²) in [7, 11) is 0. The Labute approximate surface area is 189 Å². The number of carbonyl (C=O) groups is 2. The summed E-state index contributed by atoms with van der Waals surface area (Å²) in [6.45, 7) is 1.53. The molecule has 2 aromatic heterocycles. The number of pyridine rings is 1. The third kappa shape index (κ3) is 4.84. The van der Waals surface area contributed by atoms with Crippen LogP contribution in [-0.4, -0.2) is 33.2 Å². The van der Waals surface area contributed by atoms with Crippen LogP contribution in [0.4, 0.5) is 5.82 Å². The van der Waals surface area contributed by atoms with E-state index in [1.54, 1.807) is 16.8 Å². The van der Waals surface area contributed by atoms with Gasteiger partial charge in [-0.2, -0.15) is 5.10 Å². The SMILES string of the molecule is Cc1ccc(-c2cc(NC(=O)COC(=O)c3cccnc3Cl)n(-c3ccccc3)n2)cc1. The van der Waals surface area contributed by atoms with Crippen molar-refractivity contribution in [2.24, 2.45) is 0 Å². The molecule has 4 rings (SSSR count). The molecule has 2 aromatic carbocycles. The summed E-state index contributed by atoms with van der Waals surface area (Å²) < 4.78 is 6.72. The highest BCUT2D eigenvalue weighted by Gasteiger charge is 2.17. The monoisotopic (exact) mass is 446 g/mol. The van der Waals surface area contributed by atoms with Crippen molar-refractivity contribution < 1.29 is 14.3 Å². The van der Waals surface area contributed by atoms with E-state index in [2.05, 4.69) is 15.4 Å². The van der Waals surface area contributed by atoms with Gasteiger partial charge in [-0.1, -0.05) is 59.6 Å². The standard InChI is InChI=1S/C24H19ClN4O3/c1-16-9-11-17(12-10-16)20-14-21(29(28-20)18-6-3-2-4-7-18)27-22(30)15-32-24(31)19-8-5-13-26-23(19)25/h2-14H,15H2,1H3,(H,27,30). The number of benzene rings is 2. The molecule has 0 saturated carbocycles. The molecular formula is C24H19ClN4O3. The highest BCUT2D eigenvalue weighted by Crippen LogP contribution is 2.25. The molecule has 0 spiro atoms. The van der Waals surface area contributed by atoms with Crippen molar-refractivity contribution in [2.75, 3.05) is 11.9 Å².